The van der Waals surface area contributed by atoms with Gasteiger partial charge in [0.15, 0.2) is 0 Å². The molecule has 0 radical (unpaired) electrons. The standard InChI is InChI=1S/C6H9ClN2O3/c7-2-3-1-6(12-3,4(8)10)5(9)11/h3H,1-2H2,(H2,8,10)(H2,9,11). The SMILES string of the molecule is NC(=O)C1(C(N)=O)CC(CCl)O1. The zero-order chi connectivity index (χ0) is 9.35. The van der Waals surface area contributed by atoms with Gasteiger partial charge in [0.2, 0.25) is 5.60 Å². The molecule has 0 spiro atoms. The van der Waals surface area contributed by atoms with Crippen LogP contribution in [0.2, 0.25) is 0 Å². The van der Waals surface area contributed by atoms with Gasteiger partial charge in [-0.15, -0.1) is 11.6 Å². The van der Waals surface area contributed by atoms with Crippen molar-refractivity contribution in [2.75, 3.05) is 5.88 Å². The summed E-state index contributed by atoms with van der Waals surface area (Å²) in [4.78, 5) is 21.5. The van der Waals surface area contributed by atoms with Gasteiger partial charge in [0, 0.05) is 12.3 Å². The maximum atomic E-state index is 10.8. The molecule has 1 atom stereocenters. The van der Waals surface area contributed by atoms with Crippen molar-refractivity contribution in [3.63, 3.8) is 0 Å². The van der Waals surface area contributed by atoms with Crippen molar-refractivity contribution < 1.29 is 14.3 Å². The maximum absolute atomic E-state index is 10.8. The molecule has 6 heteroatoms. The predicted molar refractivity (Wildman–Crippen MR) is 41.3 cm³/mol. The lowest BCUT2D eigenvalue weighted by atomic mass is 9.88. The van der Waals surface area contributed by atoms with Gasteiger partial charge in [0.05, 0.1) is 6.10 Å². The Bertz CT molecular complexity index is 209. The van der Waals surface area contributed by atoms with E-state index in [1.54, 1.807) is 0 Å². The quantitative estimate of drug-likeness (QED) is 0.431. The van der Waals surface area contributed by atoms with Crippen molar-refractivity contribution in [2.45, 2.75) is 18.1 Å². The Hall–Kier alpha value is -0.810. The van der Waals surface area contributed by atoms with Crippen molar-refractivity contribution in [3.8, 4) is 0 Å². The second kappa shape index (κ2) is 2.91. The van der Waals surface area contributed by atoms with Gasteiger partial charge in [-0.1, -0.05) is 0 Å². The molecule has 1 fully saturated rings. The zero-order valence-corrected chi connectivity index (χ0v) is 7.00. The van der Waals surface area contributed by atoms with E-state index in [1.807, 2.05) is 0 Å². The first-order valence-corrected chi connectivity index (χ1v) is 3.90. The Morgan fingerprint density at radius 2 is 1.92 bits per heavy atom. The molecule has 1 rings (SSSR count). The third kappa shape index (κ3) is 1.15. The number of alkyl halides is 1. The van der Waals surface area contributed by atoms with Crippen LogP contribution < -0.4 is 11.5 Å². The Balaban J connectivity index is 2.69. The number of rotatable bonds is 3. The van der Waals surface area contributed by atoms with Crippen molar-refractivity contribution in [1.82, 2.24) is 0 Å². The molecule has 1 unspecified atom stereocenters. The van der Waals surface area contributed by atoms with Gasteiger partial charge < -0.3 is 16.2 Å². The summed E-state index contributed by atoms with van der Waals surface area (Å²) >= 11 is 5.41. The fraction of sp³-hybridized carbons (Fsp3) is 0.667. The molecule has 1 aliphatic heterocycles. The molecule has 4 N–H and O–H groups in total. The molecule has 0 aliphatic carbocycles. The molecule has 0 aromatic carbocycles. The molecule has 0 aromatic heterocycles. The molecular weight excluding hydrogens is 184 g/mol. The molecule has 1 aliphatic rings. The van der Waals surface area contributed by atoms with E-state index in [1.165, 1.54) is 0 Å². The van der Waals surface area contributed by atoms with E-state index in [-0.39, 0.29) is 18.4 Å². The third-order valence-electron chi connectivity index (χ3n) is 1.85. The average molecular weight is 193 g/mol. The number of carbonyl (C=O) groups is 2. The maximum Gasteiger partial charge on any atom is 0.259 e. The van der Waals surface area contributed by atoms with Crippen molar-refractivity contribution >= 4 is 23.4 Å². The number of primary amides is 2. The third-order valence-corrected chi connectivity index (χ3v) is 2.20. The minimum atomic E-state index is -1.61. The van der Waals surface area contributed by atoms with Crippen LogP contribution in [0.3, 0.4) is 0 Å². The summed E-state index contributed by atoms with van der Waals surface area (Å²) < 4.78 is 4.92. The molecule has 0 saturated carbocycles. The first-order chi connectivity index (χ1) is 5.53. The molecule has 5 nitrogen and oxygen atoms in total. The van der Waals surface area contributed by atoms with Gasteiger partial charge in [-0.3, -0.25) is 9.59 Å². The lowest BCUT2D eigenvalue weighted by Gasteiger charge is -2.41. The Morgan fingerprint density at radius 1 is 1.50 bits per heavy atom. The zero-order valence-electron chi connectivity index (χ0n) is 6.25. The number of amides is 2. The van der Waals surface area contributed by atoms with Crippen LogP contribution in [0.15, 0.2) is 0 Å². The molecule has 12 heavy (non-hydrogen) atoms. The van der Waals surface area contributed by atoms with Crippen LogP contribution >= 0.6 is 11.6 Å². The molecule has 1 heterocycles. The molecule has 2 amide bonds. The number of hydrogen-bond acceptors (Lipinski definition) is 3. The van der Waals surface area contributed by atoms with Gasteiger partial charge in [0.1, 0.15) is 0 Å². The molecular formula is C6H9ClN2O3. The second-order valence-electron chi connectivity index (χ2n) is 2.65. The minimum Gasteiger partial charge on any atom is -0.367 e. The first kappa shape index (κ1) is 9.28. The second-order valence-corrected chi connectivity index (χ2v) is 2.96. The normalized spacial score (nSPS) is 25.9. The van der Waals surface area contributed by atoms with Crippen molar-refractivity contribution in [1.29, 1.82) is 0 Å². The summed E-state index contributed by atoms with van der Waals surface area (Å²) in [5.74, 6) is -1.48. The fourth-order valence-electron chi connectivity index (χ4n) is 1.12. The highest BCUT2D eigenvalue weighted by molar-refractivity contribution is 6.18. The predicted octanol–water partition coefficient (Wildman–Crippen LogP) is -1.28. The van der Waals surface area contributed by atoms with Gasteiger partial charge >= 0.3 is 0 Å². The smallest absolute Gasteiger partial charge is 0.259 e. The number of nitrogens with two attached hydrogens (primary N) is 2. The lowest BCUT2D eigenvalue weighted by Crippen LogP contribution is -2.66. The van der Waals surface area contributed by atoms with Crippen LogP contribution in [0, 0.1) is 0 Å². The van der Waals surface area contributed by atoms with Crippen molar-refractivity contribution in [2.24, 2.45) is 11.5 Å². The first-order valence-electron chi connectivity index (χ1n) is 3.36. The topological polar surface area (TPSA) is 95.4 Å². The van der Waals surface area contributed by atoms with Crippen LogP contribution in [0.5, 0.6) is 0 Å². The summed E-state index contributed by atoms with van der Waals surface area (Å²) in [6.07, 6.45) is -0.118. The van der Waals surface area contributed by atoms with E-state index >= 15 is 0 Å². The summed E-state index contributed by atoms with van der Waals surface area (Å²) in [5, 5.41) is 0. The van der Waals surface area contributed by atoms with E-state index < -0.39 is 17.4 Å². The lowest BCUT2D eigenvalue weighted by molar-refractivity contribution is -0.200. The molecule has 1 saturated heterocycles. The number of hydrogen-bond donors (Lipinski definition) is 2. The van der Waals surface area contributed by atoms with Crippen LogP contribution in [0.1, 0.15) is 6.42 Å². The minimum absolute atomic E-state index is 0.182. The Labute approximate surface area is 74.0 Å². The Morgan fingerprint density at radius 3 is 2.17 bits per heavy atom. The highest BCUT2D eigenvalue weighted by Gasteiger charge is 2.55. The number of carbonyl (C=O) groups excluding carboxylic acids is 2. The van der Waals surface area contributed by atoms with E-state index in [0.717, 1.165) is 0 Å². The van der Waals surface area contributed by atoms with E-state index in [9.17, 15) is 9.59 Å². The Kier molecular flexibility index (Phi) is 2.25. The van der Waals surface area contributed by atoms with Gasteiger partial charge in [-0.2, -0.15) is 0 Å². The average Bonchev–Trinajstić information content (AvgIpc) is 1.83. The summed E-state index contributed by atoms with van der Waals surface area (Å²) in [7, 11) is 0. The number of ether oxygens (including phenoxy) is 1. The van der Waals surface area contributed by atoms with E-state index in [0.29, 0.717) is 0 Å². The molecule has 0 bridgehead atoms. The summed E-state index contributed by atoms with van der Waals surface area (Å²) in [6, 6.07) is 0. The van der Waals surface area contributed by atoms with Crippen molar-refractivity contribution in [3.05, 3.63) is 0 Å². The monoisotopic (exact) mass is 192 g/mol. The largest absolute Gasteiger partial charge is 0.367 e. The van der Waals surface area contributed by atoms with Gasteiger partial charge in [-0.25, -0.2) is 0 Å². The van der Waals surface area contributed by atoms with Crippen LogP contribution in [0.4, 0.5) is 0 Å². The van der Waals surface area contributed by atoms with Crippen LogP contribution in [0.25, 0.3) is 0 Å². The number of halogens is 1. The van der Waals surface area contributed by atoms with E-state index in [2.05, 4.69) is 0 Å². The fourth-order valence-corrected chi connectivity index (χ4v) is 1.29. The summed E-state index contributed by atoms with van der Waals surface area (Å²) in [5.41, 5.74) is 8.27. The summed E-state index contributed by atoms with van der Waals surface area (Å²) in [6.45, 7) is 0. The molecule has 68 valence electrons. The highest BCUT2D eigenvalue weighted by Crippen LogP contribution is 2.32. The van der Waals surface area contributed by atoms with Gasteiger partial charge in [-0.05, 0) is 0 Å². The molecule has 0 aromatic rings. The van der Waals surface area contributed by atoms with Gasteiger partial charge in [0.25, 0.3) is 11.8 Å². The van der Waals surface area contributed by atoms with Crippen LogP contribution in [-0.4, -0.2) is 29.4 Å². The highest BCUT2D eigenvalue weighted by atomic mass is 35.5. The van der Waals surface area contributed by atoms with E-state index in [4.69, 9.17) is 27.8 Å². The van der Waals surface area contributed by atoms with Crippen LogP contribution in [-0.2, 0) is 14.3 Å².